The van der Waals surface area contributed by atoms with E-state index >= 15 is 0 Å². The van der Waals surface area contributed by atoms with E-state index in [-0.39, 0.29) is 0 Å². The van der Waals surface area contributed by atoms with Crippen LogP contribution in [0.15, 0.2) is 36.7 Å². The molecular formula is C18H18N6. The van der Waals surface area contributed by atoms with Crippen LogP contribution in [0, 0.1) is 0 Å². The summed E-state index contributed by atoms with van der Waals surface area (Å²) >= 11 is 0. The maximum atomic E-state index is 4.87. The predicted molar refractivity (Wildman–Crippen MR) is 90.3 cm³/mol. The molecule has 6 nitrogen and oxygen atoms in total. The Morgan fingerprint density at radius 2 is 1.92 bits per heavy atom. The van der Waals surface area contributed by atoms with Crippen LogP contribution in [-0.2, 0) is 26.1 Å². The van der Waals surface area contributed by atoms with Crippen LogP contribution in [-0.4, -0.2) is 24.7 Å². The van der Waals surface area contributed by atoms with Crippen molar-refractivity contribution in [3.63, 3.8) is 0 Å². The number of rotatable bonds is 2. The molecule has 3 aromatic heterocycles. The van der Waals surface area contributed by atoms with Gasteiger partial charge in [-0.25, -0.2) is 4.98 Å². The first kappa shape index (κ1) is 13.7. The molecule has 0 aliphatic carbocycles. The Bertz CT molecular complexity index is 875. The highest BCUT2D eigenvalue weighted by atomic mass is 15.3. The number of hydrogen-bond acceptors (Lipinski definition) is 5. The summed E-state index contributed by atoms with van der Waals surface area (Å²) in [5, 5.41) is 8.74. The molecule has 3 aromatic rings. The first-order chi connectivity index (χ1) is 11.9. The van der Waals surface area contributed by atoms with E-state index in [0.717, 1.165) is 49.2 Å². The number of hydrogen-bond donors (Lipinski definition) is 0. The fourth-order valence-corrected chi connectivity index (χ4v) is 3.60. The highest BCUT2D eigenvalue weighted by Crippen LogP contribution is 2.28. The predicted octanol–water partition coefficient (Wildman–Crippen LogP) is 2.59. The first-order valence-electron chi connectivity index (χ1n) is 8.45. The molecule has 24 heavy (non-hydrogen) atoms. The average molecular weight is 318 g/mol. The third-order valence-corrected chi connectivity index (χ3v) is 4.87. The zero-order valence-electron chi connectivity index (χ0n) is 13.4. The normalized spacial score (nSPS) is 16.1. The van der Waals surface area contributed by atoms with Crippen LogP contribution in [0.5, 0.6) is 0 Å². The highest BCUT2D eigenvalue weighted by molar-refractivity contribution is 5.56. The van der Waals surface area contributed by atoms with Crippen molar-refractivity contribution in [2.24, 2.45) is 0 Å². The van der Waals surface area contributed by atoms with Gasteiger partial charge in [0, 0.05) is 38.4 Å². The van der Waals surface area contributed by atoms with Gasteiger partial charge in [-0.1, -0.05) is 6.07 Å². The Balaban J connectivity index is 1.49. The second-order valence-corrected chi connectivity index (χ2v) is 6.43. The lowest BCUT2D eigenvalue weighted by Gasteiger charge is -2.18. The maximum absolute atomic E-state index is 4.87. The van der Waals surface area contributed by atoms with Crippen LogP contribution >= 0.6 is 0 Å². The Kier molecular flexibility index (Phi) is 3.07. The van der Waals surface area contributed by atoms with Crippen LogP contribution in [0.1, 0.15) is 29.8 Å². The second-order valence-electron chi connectivity index (χ2n) is 6.43. The van der Waals surface area contributed by atoms with E-state index in [1.165, 1.54) is 24.0 Å². The summed E-state index contributed by atoms with van der Waals surface area (Å²) in [6, 6.07) is 8.24. The molecule has 2 aliphatic heterocycles. The Labute approximate surface area is 140 Å². The molecule has 0 fully saturated rings. The van der Waals surface area contributed by atoms with E-state index in [9.17, 15) is 0 Å². The molecular weight excluding hydrogens is 300 g/mol. The zero-order chi connectivity index (χ0) is 15.9. The lowest BCUT2D eigenvalue weighted by atomic mass is 10.1. The first-order valence-corrected chi connectivity index (χ1v) is 8.45. The van der Waals surface area contributed by atoms with E-state index in [1.807, 2.05) is 18.5 Å². The summed E-state index contributed by atoms with van der Waals surface area (Å²) in [4.78, 5) is 11.4. The Morgan fingerprint density at radius 1 is 0.958 bits per heavy atom. The van der Waals surface area contributed by atoms with Gasteiger partial charge in [0.15, 0.2) is 5.82 Å². The van der Waals surface area contributed by atoms with Crippen molar-refractivity contribution in [2.75, 3.05) is 4.90 Å². The lowest BCUT2D eigenvalue weighted by molar-refractivity contribution is 0.525. The molecule has 5 heterocycles. The Hall–Kier alpha value is -2.76. The van der Waals surface area contributed by atoms with E-state index in [0.29, 0.717) is 0 Å². The van der Waals surface area contributed by atoms with Gasteiger partial charge in [-0.2, -0.15) is 0 Å². The molecule has 0 radical (unpaired) electrons. The SMILES string of the molecule is c1cc(-c2nnc3n2CCCC3)nc(N2Cc3ccncc3C2)c1. The monoisotopic (exact) mass is 318 g/mol. The van der Waals surface area contributed by atoms with Gasteiger partial charge in [-0.3, -0.25) is 4.98 Å². The van der Waals surface area contributed by atoms with Crippen molar-refractivity contribution in [3.05, 3.63) is 53.6 Å². The van der Waals surface area contributed by atoms with Crippen LogP contribution in [0.2, 0.25) is 0 Å². The van der Waals surface area contributed by atoms with Gasteiger partial charge in [-0.05, 0) is 42.2 Å². The Morgan fingerprint density at radius 3 is 2.88 bits per heavy atom. The molecule has 0 N–H and O–H groups in total. The minimum absolute atomic E-state index is 0.859. The van der Waals surface area contributed by atoms with Gasteiger partial charge < -0.3 is 9.47 Å². The van der Waals surface area contributed by atoms with Crippen LogP contribution in [0.4, 0.5) is 5.82 Å². The molecule has 0 atom stereocenters. The number of aromatic nitrogens is 5. The van der Waals surface area contributed by atoms with Crippen molar-refractivity contribution < 1.29 is 0 Å². The third kappa shape index (κ3) is 2.18. The molecule has 0 saturated carbocycles. The van der Waals surface area contributed by atoms with Crippen molar-refractivity contribution in [1.29, 1.82) is 0 Å². The van der Waals surface area contributed by atoms with Crippen LogP contribution in [0.25, 0.3) is 11.5 Å². The topological polar surface area (TPSA) is 59.7 Å². The van der Waals surface area contributed by atoms with Crippen molar-refractivity contribution in [1.82, 2.24) is 24.7 Å². The van der Waals surface area contributed by atoms with E-state index in [4.69, 9.17) is 4.98 Å². The van der Waals surface area contributed by atoms with Gasteiger partial charge >= 0.3 is 0 Å². The largest absolute Gasteiger partial charge is 0.348 e. The van der Waals surface area contributed by atoms with Crippen molar-refractivity contribution in [2.45, 2.75) is 38.9 Å². The molecule has 0 spiro atoms. The van der Waals surface area contributed by atoms with E-state index in [1.54, 1.807) is 0 Å². The van der Waals surface area contributed by atoms with Crippen LogP contribution < -0.4 is 4.90 Å². The van der Waals surface area contributed by atoms with Gasteiger partial charge in [-0.15, -0.1) is 10.2 Å². The summed E-state index contributed by atoms with van der Waals surface area (Å²) < 4.78 is 2.22. The molecule has 2 aliphatic rings. The van der Waals surface area contributed by atoms with Gasteiger partial charge in [0.2, 0.25) is 0 Å². The summed E-state index contributed by atoms with van der Waals surface area (Å²) in [5.41, 5.74) is 3.52. The summed E-state index contributed by atoms with van der Waals surface area (Å²) in [6.45, 7) is 2.73. The van der Waals surface area contributed by atoms with Crippen LogP contribution in [0.3, 0.4) is 0 Å². The minimum atomic E-state index is 0.859. The molecule has 0 aromatic carbocycles. The number of anilines is 1. The molecule has 0 bridgehead atoms. The smallest absolute Gasteiger partial charge is 0.182 e. The quantitative estimate of drug-likeness (QED) is 0.727. The molecule has 5 rings (SSSR count). The number of aryl methyl sites for hydroxylation is 1. The third-order valence-electron chi connectivity index (χ3n) is 4.87. The van der Waals surface area contributed by atoms with E-state index < -0.39 is 0 Å². The average Bonchev–Trinajstić information content (AvgIpc) is 3.26. The molecule has 120 valence electrons. The summed E-state index contributed by atoms with van der Waals surface area (Å²) in [6.07, 6.45) is 7.21. The lowest BCUT2D eigenvalue weighted by Crippen LogP contribution is -2.16. The molecule has 6 heteroatoms. The fraction of sp³-hybridized carbons (Fsp3) is 0.333. The standard InChI is InChI=1S/C18H18N6/c1-2-9-24-17(5-1)21-22-18(24)15-4-3-6-16(20-15)23-11-13-7-8-19-10-14(13)12-23/h3-4,6-8,10H,1-2,5,9,11-12H2. The summed E-state index contributed by atoms with van der Waals surface area (Å²) in [5.74, 6) is 2.96. The van der Waals surface area contributed by atoms with Gasteiger partial charge in [0.25, 0.3) is 0 Å². The minimum Gasteiger partial charge on any atom is -0.348 e. The number of fused-ring (bicyclic) bond motifs is 2. The number of pyridine rings is 2. The van der Waals surface area contributed by atoms with Gasteiger partial charge in [0.05, 0.1) is 0 Å². The number of nitrogens with zero attached hydrogens (tertiary/aromatic N) is 6. The van der Waals surface area contributed by atoms with Crippen molar-refractivity contribution in [3.8, 4) is 11.5 Å². The molecule has 0 amide bonds. The van der Waals surface area contributed by atoms with E-state index in [2.05, 4.69) is 42.8 Å². The highest BCUT2D eigenvalue weighted by Gasteiger charge is 2.22. The fourth-order valence-electron chi connectivity index (χ4n) is 3.60. The zero-order valence-corrected chi connectivity index (χ0v) is 13.4. The van der Waals surface area contributed by atoms with Crippen molar-refractivity contribution >= 4 is 5.82 Å². The second kappa shape index (κ2) is 5.40. The molecule has 0 saturated heterocycles. The van der Waals surface area contributed by atoms with Gasteiger partial charge in [0.1, 0.15) is 17.3 Å². The molecule has 0 unspecified atom stereocenters. The summed E-state index contributed by atoms with van der Waals surface area (Å²) in [7, 11) is 0. The maximum Gasteiger partial charge on any atom is 0.182 e.